The number of ether oxygens (including phenoxy) is 1. The van der Waals surface area contributed by atoms with Crippen LogP contribution in [0.15, 0.2) is 18.3 Å². The van der Waals surface area contributed by atoms with Gasteiger partial charge in [0.15, 0.2) is 5.82 Å². The smallest absolute Gasteiger partial charge is 0.427 e. The van der Waals surface area contributed by atoms with Crippen LogP contribution in [0.25, 0.3) is 0 Å². The molecule has 1 aliphatic rings. The van der Waals surface area contributed by atoms with E-state index < -0.39 is 24.4 Å². The van der Waals surface area contributed by atoms with Crippen molar-refractivity contribution in [1.29, 1.82) is 0 Å². The Morgan fingerprint density at radius 1 is 1.50 bits per heavy atom. The number of anilines is 2. The van der Waals surface area contributed by atoms with Gasteiger partial charge in [-0.15, -0.1) is 0 Å². The number of cyclic esters (lactones) is 1. The molecule has 0 spiro atoms. The van der Waals surface area contributed by atoms with Crippen molar-refractivity contribution in [3.8, 4) is 0 Å². The second-order valence-corrected chi connectivity index (χ2v) is 3.87. The number of hydrogen-bond acceptors (Lipinski definition) is 4. The molecule has 18 heavy (non-hydrogen) atoms. The molecule has 1 aliphatic heterocycles. The van der Waals surface area contributed by atoms with E-state index in [1.165, 1.54) is 25.3 Å². The lowest BCUT2D eigenvalue weighted by Gasteiger charge is -2.21. The van der Waals surface area contributed by atoms with Crippen LogP contribution in [0, 0.1) is 0 Å². The van der Waals surface area contributed by atoms with Crippen LogP contribution < -0.4 is 10.6 Å². The molecule has 0 saturated carbocycles. The minimum absolute atomic E-state index is 0.0262. The molecule has 2 unspecified atom stereocenters. The Kier molecular flexibility index (Phi) is 2.80. The van der Waals surface area contributed by atoms with E-state index in [1.54, 1.807) is 0 Å². The molecule has 0 aromatic carbocycles. The topological polar surface area (TPSA) is 68.5 Å². The highest BCUT2D eigenvalue weighted by molar-refractivity contribution is 5.92. The van der Waals surface area contributed by atoms with Gasteiger partial charge in [0.1, 0.15) is 0 Å². The van der Waals surface area contributed by atoms with Crippen LogP contribution in [0.5, 0.6) is 0 Å². The lowest BCUT2D eigenvalue weighted by molar-refractivity contribution is -0.198. The minimum atomic E-state index is -4.62. The summed E-state index contributed by atoms with van der Waals surface area (Å²) in [6.07, 6.45) is -6.55. The third-order valence-corrected chi connectivity index (χ3v) is 2.64. The second-order valence-electron chi connectivity index (χ2n) is 3.87. The summed E-state index contributed by atoms with van der Waals surface area (Å²) in [6.45, 7) is 1.23. The zero-order valence-electron chi connectivity index (χ0n) is 9.31. The molecular weight excluding hydrogens is 251 g/mol. The number of carbonyl (C=O) groups is 1. The van der Waals surface area contributed by atoms with Crippen molar-refractivity contribution < 1.29 is 22.7 Å². The van der Waals surface area contributed by atoms with Crippen LogP contribution in [-0.2, 0) is 4.74 Å². The molecule has 1 aromatic heterocycles. The van der Waals surface area contributed by atoms with Crippen molar-refractivity contribution in [2.24, 2.45) is 0 Å². The van der Waals surface area contributed by atoms with Crippen molar-refractivity contribution in [3.63, 3.8) is 0 Å². The Balaban J connectivity index is 2.36. The van der Waals surface area contributed by atoms with E-state index >= 15 is 0 Å². The maximum absolute atomic E-state index is 12.6. The molecule has 0 aliphatic carbocycles. The first-order valence-electron chi connectivity index (χ1n) is 5.09. The van der Waals surface area contributed by atoms with E-state index in [0.717, 1.165) is 4.90 Å². The summed E-state index contributed by atoms with van der Waals surface area (Å²) >= 11 is 0. The summed E-state index contributed by atoms with van der Waals surface area (Å²) in [5.41, 5.74) is 5.70. The van der Waals surface area contributed by atoms with E-state index in [-0.39, 0.29) is 11.5 Å². The van der Waals surface area contributed by atoms with Crippen molar-refractivity contribution in [2.75, 3.05) is 10.6 Å². The van der Waals surface area contributed by atoms with E-state index in [4.69, 9.17) is 5.73 Å². The fourth-order valence-electron chi connectivity index (χ4n) is 1.80. The number of carbonyl (C=O) groups excluding carboxylic acids is 1. The van der Waals surface area contributed by atoms with Crippen LogP contribution in [0.3, 0.4) is 0 Å². The van der Waals surface area contributed by atoms with Gasteiger partial charge < -0.3 is 10.5 Å². The third kappa shape index (κ3) is 1.93. The van der Waals surface area contributed by atoms with E-state index in [0.29, 0.717) is 0 Å². The molecule has 2 heterocycles. The molecule has 1 amide bonds. The molecular formula is C10H10F3N3O2. The lowest BCUT2D eigenvalue weighted by Crippen LogP contribution is -2.41. The van der Waals surface area contributed by atoms with Crippen LogP contribution >= 0.6 is 0 Å². The average Bonchev–Trinajstić information content (AvgIpc) is 2.55. The van der Waals surface area contributed by atoms with Crippen LogP contribution in [0.4, 0.5) is 29.5 Å². The van der Waals surface area contributed by atoms with E-state index in [2.05, 4.69) is 9.72 Å². The zero-order chi connectivity index (χ0) is 13.5. The Hall–Kier alpha value is -1.99. The Morgan fingerprint density at radius 2 is 2.17 bits per heavy atom. The van der Waals surface area contributed by atoms with E-state index in [9.17, 15) is 18.0 Å². The minimum Gasteiger partial charge on any atom is -0.434 e. The number of rotatable bonds is 1. The Morgan fingerprint density at radius 3 is 2.67 bits per heavy atom. The van der Waals surface area contributed by atoms with Crippen molar-refractivity contribution in [1.82, 2.24) is 4.98 Å². The number of amides is 1. The van der Waals surface area contributed by atoms with Gasteiger partial charge in [0.2, 0.25) is 6.10 Å². The van der Waals surface area contributed by atoms with Gasteiger partial charge in [-0.3, -0.25) is 4.90 Å². The largest absolute Gasteiger partial charge is 0.434 e. The molecule has 0 bridgehead atoms. The highest BCUT2D eigenvalue weighted by Crippen LogP contribution is 2.36. The molecule has 1 aromatic rings. The molecule has 8 heteroatoms. The number of nitrogens with zero attached hydrogens (tertiary/aromatic N) is 2. The normalized spacial score (nSPS) is 24.2. The number of aromatic nitrogens is 1. The first-order valence-corrected chi connectivity index (χ1v) is 5.09. The van der Waals surface area contributed by atoms with Gasteiger partial charge in [-0.25, -0.2) is 9.78 Å². The van der Waals surface area contributed by atoms with Crippen molar-refractivity contribution in [3.05, 3.63) is 18.3 Å². The van der Waals surface area contributed by atoms with Gasteiger partial charge in [-0.1, -0.05) is 0 Å². The predicted molar refractivity (Wildman–Crippen MR) is 56.9 cm³/mol. The van der Waals surface area contributed by atoms with Crippen LogP contribution in [0.2, 0.25) is 0 Å². The zero-order valence-corrected chi connectivity index (χ0v) is 9.31. The molecule has 1 saturated heterocycles. The van der Waals surface area contributed by atoms with Crippen molar-refractivity contribution in [2.45, 2.75) is 25.2 Å². The monoisotopic (exact) mass is 261 g/mol. The van der Waals surface area contributed by atoms with Crippen LogP contribution in [-0.4, -0.2) is 29.4 Å². The van der Waals surface area contributed by atoms with Gasteiger partial charge in [0.25, 0.3) is 0 Å². The number of hydrogen-bond donors (Lipinski definition) is 1. The molecule has 0 radical (unpaired) electrons. The van der Waals surface area contributed by atoms with E-state index in [1.807, 2.05) is 0 Å². The lowest BCUT2D eigenvalue weighted by atomic mass is 10.1. The fourth-order valence-corrected chi connectivity index (χ4v) is 1.80. The number of pyridine rings is 1. The third-order valence-electron chi connectivity index (χ3n) is 2.64. The average molecular weight is 261 g/mol. The molecule has 5 nitrogen and oxygen atoms in total. The predicted octanol–water partition coefficient (Wildman–Crippen LogP) is 1.94. The first-order chi connectivity index (χ1) is 8.32. The van der Waals surface area contributed by atoms with Crippen LogP contribution in [0.1, 0.15) is 6.92 Å². The van der Waals surface area contributed by atoms with Crippen molar-refractivity contribution >= 4 is 17.6 Å². The molecule has 1 fully saturated rings. The maximum atomic E-state index is 12.6. The summed E-state index contributed by atoms with van der Waals surface area (Å²) in [6, 6.07) is 1.75. The highest BCUT2D eigenvalue weighted by Gasteiger charge is 2.55. The molecule has 2 rings (SSSR count). The standard InChI is InChI=1S/C10H10F3N3O2/c1-5-7(10(11,12)13)18-9(17)16(5)8-6(14)3-2-4-15-8/h2-5,7H,14H2,1H3. The number of nitrogens with two attached hydrogens (primary N) is 1. The fraction of sp³-hybridized carbons (Fsp3) is 0.400. The first kappa shape index (κ1) is 12.5. The SMILES string of the molecule is CC1C(C(F)(F)F)OC(=O)N1c1ncccc1N. The summed E-state index contributed by atoms with van der Waals surface area (Å²) in [5, 5.41) is 0. The maximum Gasteiger partial charge on any atom is 0.427 e. The molecule has 2 N–H and O–H groups in total. The molecule has 98 valence electrons. The summed E-state index contributed by atoms with van der Waals surface area (Å²) in [5.74, 6) is -0.0262. The second kappa shape index (κ2) is 4.04. The summed E-state index contributed by atoms with van der Waals surface area (Å²) in [4.78, 5) is 16.1. The molecule has 2 atom stereocenters. The summed E-state index contributed by atoms with van der Waals surface area (Å²) in [7, 11) is 0. The van der Waals surface area contributed by atoms with Gasteiger partial charge in [0, 0.05) is 6.20 Å². The number of nitrogen functional groups attached to an aromatic ring is 1. The Bertz CT molecular complexity index is 478. The van der Waals surface area contributed by atoms with Gasteiger partial charge >= 0.3 is 12.3 Å². The van der Waals surface area contributed by atoms with Gasteiger partial charge in [-0.05, 0) is 19.1 Å². The number of halogens is 3. The summed E-state index contributed by atoms with van der Waals surface area (Å²) < 4.78 is 42.2. The highest BCUT2D eigenvalue weighted by atomic mass is 19.4. The Labute approximate surface area is 100 Å². The number of alkyl halides is 3. The quantitative estimate of drug-likeness (QED) is 0.838. The van der Waals surface area contributed by atoms with Gasteiger partial charge in [-0.2, -0.15) is 13.2 Å². The van der Waals surface area contributed by atoms with Gasteiger partial charge in [0.05, 0.1) is 11.7 Å².